The molecule has 0 saturated carbocycles. The van der Waals surface area contributed by atoms with Gasteiger partial charge in [-0.05, 0) is 25.5 Å². The predicted octanol–water partition coefficient (Wildman–Crippen LogP) is 3.93. The van der Waals surface area contributed by atoms with Crippen molar-refractivity contribution in [2.45, 2.75) is 45.1 Å². The number of fused-ring (bicyclic) bond motifs is 1. The maximum atomic E-state index is 13.3. The third-order valence-corrected chi connectivity index (χ3v) is 5.29. The molecular weight excluding hydrogens is 349 g/mol. The van der Waals surface area contributed by atoms with E-state index in [9.17, 15) is 14.0 Å². The highest BCUT2D eigenvalue weighted by atomic mass is 19.1. The van der Waals surface area contributed by atoms with Crippen LogP contribution in [-0.4, -0.2) is 35.8 Å². The number of nitrogens with zero attached hydrogens (tertiary/aromatic N) is 1. The van der Waals surface area contributed by atoms with Crippen LogP contribution in [0, 0.1) is 12.7 Å². The quantitative estimate of drug-likeness (QED) is 0.820. The second kappa shape index (κ2) is 7.18. The fourth-order valence-corrected chi connectivity index (χ4v) is 3.93. The number of Topliss-reactive ketones (excluding diaryl/α,β-unsaturated/α-hetero) is 1. The van der Waals surface area contributed by atoms with Crippen molar-refractivity contribution in [3.8, 4) is 5.75 Å². The van der Waals surface area contributed by atoms with Gasteiger partial charge >= 0.3 is 0 Å². The molecule has 0 bridgehead atoms. The first-order chi connectivity index (χ1) is 13.0. The van der Waals surface area contributed by atoms with Gasteiger partial charge in [0.05, 0.1) is 11.1 Å². The van der Waals surface area contributed by atoms with Gasteiger partial charge in [0, 0.05) is 44.8 Å². The van der Waals surface area contributed by atoms with Gasteiger partial charge in [-0.2, -0.15) is 0 Å². The van der Waals surface area contributed by atoms with Gasteiger partial charge in [0.1, 0.15) is 29.2 Å². The Morgan fingerprint density at radius 1 is 1.26 bits per heavy atom. The molecule has 1 fully saturated rings. The van der Waals surface area contributed by atoms with Crippen molar-refractivity contribution >= 4 is 11.7 Å². The van der Waals surface area contributed by atoms with Crippen molar-refractivity contribution < 1.29 is 23.1 Å². The largest absolute Gasteiger partial charge is 0.490 e. The Morgan fingerprint density at radius 3 is 2.78 bits per heavy atom. The molecule has 0 radical (unpaired) electrons. The van der Waals surface area contributed by atoms with E-state index in [4.69, 9.17) is 9.15 Å². The van der Waals surface area contributed by atoms with Gasteiger partial charge in [0.2, 0.25) is 0 Å². The van der Waals surface area contributed by atoms with Gasteiger partial charge in [0.25, 0.3) is 5.91 Å². The van der Waals surface area contributed by atoms with Crippen LogP contribution in [0.5, 0.6) is 5.75 Å². The SMILES string of the molecule is Cc1oc2c(c1C(=O)N1CCC(Oc3cccc(F)c3)CC1)C(=O)CCC2. The van der Waals surface area contributed by atoms with Crippen LogP contribution in [0.2, 0.25) is 0 Å². The lowest BCUT2D eigenvalue weighted by molar-refractivity contribution is 0.0590. The number of benzene rings is 1. The van der Waals surface area contributed by atoms with Crippen LogP contribution < -0.4 is 4.74 Å². The van der Waals surface area contributed by atoms with E-state index in [1.165, 1.54) is 12.1 Å². The molecule has 4 rings (SSSR count). The number of aryl methyl sites for hydroxylation is 2. The molecule has 1 aliphatic heterocycles. The number of hydrogen-bond donors (Lipinski definition) is 0. The summed E-state index contributed by atoms with van der Waals surface area (Å²) < 4.78 is 24.8. The Balaban J connectivity index is 1.44. The fourth-order valence-electron chi connectivity index (χ4n) is 3.93. The molecule has 1 aromatic carbocycles. The van der Waals surface area contributed by atoms with Crippen molar-refractivity contribution in [2.24, 2.45) is 0 Å². The Morgan fingerprint density at radius 2 is 2.04 bits per heavy atom. The van der Waals surface area contributed by atoms with Gasteiger partial charge in [-0.1, -0.05) is 6.07 Å². The lowest BCUT2D eigenvalue weighted by Gasteiger charge is -2.32. The molecule has 2 aromatic rings. The molecule has 5 nitrogen and oxygen atoms in total. The summed E-state index contributed by atoms with van der Waals surface area (Å²) in [6.45, 7) is 2.82. The van der Waals surface area contributed by atoms with Gasteiger partial charge in [0.15, 0.2) is 5.78 Å². The van der Waals surface area contributed by atoms with Crippen molar-refractivity contribution in [3.63, 3.8) is 0 Å². The first-order valence-corrected chi connectivity index (χ1v) is 9.40. The lowest BCUT2D eigenvalue weighted by Crippen LogP contribution is -2.42. The summed E-state index contributed by atoms with van der Waals surface area (Å²) >= 11 is 0. The van der Waals surface area contributed by atoms with E-state index < -0.39 is 0 Å². The topological polar surface area (TPSA) is 59.8 Å². The molecule has 0 spiro atoms. The molecule has 6 heteroatoms. The molecule has 1 aromatic heterocycles. The van der Waals surface area contributed by atoms with Crippen LogP contribution in [0.15, 0.2) is 28.7 Å². The molecule has 0 N–H and O–H groups in total. The van der Waals surface area contributed by atoms with Crippen molar-refractivity contribution in [1.82, 2.24) is 4.90 Å². The summed E-state index contributed by atoms with van der Waals surface area (Å²) in [6.07, 6.45) is 3.21. The summed E-state index contributed by atoms with van der Waals surface area (Å²) in [5.41, 5.74) is 0.918. The zero-order chi connectivity index (χ0) is 19.0. The summed E-state index contributed by atoms with van der Waals surface area (Å²) in [4.78, 5) is 27.1. The number of ketones is 1. The lowest BCUT2D eigenvalue weighted by atomic mass is 9.92. The van der Waals surface area contributed by atoms with Crippen LogP contribution >= 0.6 is 0 Å². The fraction of sp³-hybridized carbons (Fsp3) is 0.429. The van der Waals surface area contributed by atoms with E-state index in [1.807, 2.05) is 0 Å². The Kier molecular flexibility index (Phi) is 4.72. The highest BCUT2D eigenvalue weighted by molar-refractivity contribution is 6.10. The number of ether oxygens (including phenoxy) is 1. The number of furan rings is 1. The van der Waals surface area contributed by atoms with Crippen LogP contribution in [0.3, 0.4) is 0 Å². The first-order valence-electron chi connectivity index (χ1n) is 9.40. The number of piperidine rings is 1. The van der Waals surface area contributed by atoms with E-state index in [1.54, 1.807) is 24.0 Å². The number of amides is 1. The Labute approximate surface area is 157 Å². The minimum Gasteiger partial charge on any atom is -0.490 e. The minimum absolute atomic E-state index is 0.000716. The highest BCUT2D eigenvalue weighted by Crippen LogP contribution is 2.31. The molecule has 2 heterocycles. The number of carbonyl (C=O) groups excluding carboxylic acids is 2. The van der Waals surface area contributed by atoms with Crippen LogP contribution in [0.25, 0.3) is 0 Å². The summed E-state index contributed by atoms with van der Waals surface area (Å²) in [7, 11) is 0. The van der Waals surface area contributed by atoms with E-state index in [2.05, 4.69) is 0 Å². The van der Waals surface area contributed by atoms with Gasteiger partial charge in [-0.25, -0.2) is 4.39 Å². The first kappa shape index (κ1) is 17.8. The van der Waals surface area contributed by atoms with E-state index in [0.29, 0.717) is 67.2 Å². The Bertz CT molecular complexity index is 880. The number of halogens is 1. The van der Waals surface area contributed by atoms with E-state index in [0.717, 1.165) is 6.42 Å². The second-order valence-electron chi connectivity index (χ2n) is 7.17. The van der Waals surface area contributed by atoms with Crippen molar-refractivity contribution in [2.75, 3.05) is 13.1 Å². The van der Waals surface area contributed by atoms with Crippen molar-refractivity contribution in [1.29, 1.82) is 0 Å². The molecule has 142 valence electrons. The summed E-state index contributed by atoms with van der Waals surface area (Å²) in [5.74, 6) is 1.21. The number of hydrogen-bond acceptors (Lipinski definition) is 4. The molecule has 27 heavy (non-hydrogen) atoms. The number of likely N-dealkylation sites (tertiary alicyclic amines) is 1. The van der Waals surface area contributed by atoms with Crippen LogP contribution in [-0.2, 0) is 6.42 Å². The average Bonchev–Trinajstić information content (AvgIpc) is 2.99. The number of rotatable bonds is 3. The standard InChI is InChI=1S/C21H22FNO4/c1-13-19(20-17(24)6-3-7-18(20)26-13)21(25)23-10-8-15(9-11-23)27-16-5-2-4-14(22)12-16/h2,4-5,12,15H,3,6-11H2,1H3. The molecular formula is C21H22FNO4. The maximum absolute atomic E-state index is 13.3. The second-order valence-corrected chi connectivity index (χ2v) is 7.17. The third kappa shape index (κ3) is 3.48. The van der Waals surface area contributed by atoms with Crippen molar-refractivity contribution in [3.05, 3.63) is 52.7 Å². The minimum atomic E-state index is -0.329. The molecule has 1 amide bonds. The van der Waals surface area contributed by atoms with Gasteiger partial charge in [-0.3, -0.25) is 9.59 Å². The van der Waals surface area contributed by atoms with E-state index in [-0.39, 0.29) is 23.6 Å². The van der Waals surface area contributed by atoms with Crippen LogP contribution in [0.4, 0.5) is 4.39 Å². The average molecular weight is 371 g/mol. The monoisotopic (exact) mass is 371 g/mol. The molecule has 0 atom stereocenters. The normalized spacial score (nSPS) is 17.7. The number of carbonyl (C=O) groups is 2. The molecule has 2 aliphatic rings. The third-order valence-electron chi connectivity index (χ3n) is 5.29. The Hall–Kier alpha value is -2.63. The maximum Gasteiger partial charge on any atom is 0.258 e. The smallest absolute Gasteiger partial charge is 0.258 e. The summed E-state index contributed by atoms with van der Waals surface area (Å²) in [5, 5.41) is 0. The predicted molar refractivity (Wildman–Crippen MR) is 96.7 cm³/mol. The van der Waals surface area contributed by atoms with Crippen LogP contribution in [0.1, 0.15) is 57.9 Å². The molecule has 1 aliphatic carbocycles. The molecule has 0 unspecified atom stereocenters. The summed E-state index contributed by atoms with van der Waals surface area (Å²) in [6, 6.07) is 6.09. The van der Waals surface area contributed by atoms with Gasteiger partial charge in [-0.15, -0.1) is 0 Å². The van der Waals surface area contributed by atoms with Gasteiger partial charge < -0.3 is 14.1 Å². The zero-order valence-electron chi connectivity index (χ0n) is 15.3. The zero-order valence-corrected chi connectivity index (χ0v) is 15.3. The molecule has 1 saturated heterocycles. The van der Waals surface area contributed by atoms with E-state index >= 15 is 0 Å². The highest BCUT2D eigenvalue weighted by Gasteiger charge is 2.34.